The van der Waals surface area contributed by atoms with Gasteiger partial charge in [0, 0.05) is 26.7 Å². The van der Waals surface area contributed by atoms with Gasteiger partial charge in [-0.2, -0.15) is 0 Å². The van der Waals surface area contributed by atoms with Gasteiger partial charge in [-0.3, -0.25) is 19.3 Å². The standard InChI is InChI=1S/C22H13BrClNO4S/c23-15-5-1-13(2-6-15)18(26)12-25-21(27)20(30-22(25)28)11-17-9-10-19(29-17)14-3-7-16(24)8-4-14/h1-11H,12H2/b20-11+. The van der Waals surface area contributed by atoms with Crippen molar-refractivity contribution < 1.29 is 18.8 Å². The maximum atomic E-state index is 12.7. The molecule has 0 atom stereocenters. The lowest BCUT2D eigenvalue weighted by Gasteiger charge is -2.11. The van der Waals surface area contributed by atoms with Gasteiger partial charge < -0.3 is 4.42 Å². The Morgan fingerprint density at radius 1 is 1.03 bits per heavy atom. The molecule has 1 saturated heterocycles. The van der Waals surface area contributed by atoms with Crippen molar-refractivity contribution in [3.05, 3.63) is 86.4 Å². The van der Waals surface area contributed by atoms with Gasteiger partial charge in [0.25, 0.3) is 11.1 Å². The lowest BCUT2D eigenvalue weighted by Crippen LogP contribution is -2.33. The lowest BCUT2D eigenvalue weighted by molar-refractivity contribution is -0.122. The zero-order valence-corrected chi connectivity index (χ0v) is 18.5. The molecule has 8 heteroatoms. The van der Waals surface area contributed by atoms with Crippen molar-refractivity contribution in [1.82, 2.24) is 4.90 Å². The molecule has 1 aromatic heterocycles. The topological polar surface area (TPSA) is 67.6 Å². The number of rotatable bonds is 5. The first-order chi connectivity index (χ1) is 14.4. The minimum atomic E-state index is -0.514. The summed E-state index contributed by atoms with van der Waals surface area (Å²) in [7, 11) is 0. The van der Waals surface area contributed by atoms with Gasteiger partial charge in [0.2, 0.25) is 0 Å². The number of hydrogen-bond donors (Lipinski definition) is 0. The maximum absolute atomic E-state index is 12.7. The number of ketones is 1. The Morgan fingerprint density at radius 2 is 1.73 bits per heavy atom. The largest absolute Gasteiger partial charge is 0.457 e. The van der Waals surface area contributed by atoms with Crippen LogP contribution in [0.2, 0.25) is 5.02 Å². The highest BCUT2D eigenvalue weighted by Gasteiger charge is 2.36. The number of carbonyl (C=O) groups is 3. The Labute approximate surface area is 189 Å². The van der Waals surface area contributed by atoms with E-state index in [0.717, 1.165) is 26.7 Å². The molecule has 0 spiro atoms. The van der Waals surface area contributed by atoms with E-state index in [-0.39, 0.29) is 17.2 Å². The molecule has 150 valence electrons. The average molecular weight is 503 g/mol. The van der Waals surface area contributed by atoms with Crippen molar-refractivity contribution >= 4 is 62.3 Å². The molecule has 0 aliphatic carbocycles. The van der Waals surface area contributed by atoms with Gasteiger partial charge in [-0.05, 0) is 60.3 Å². The molecule has 0 saturated carbocycles. The number of imide groups is 1. The van der Waals surface area contributed by atoms with Crippen LogP contribution in [0.5, 0.6) is 0 Å². The van der Waals surface area contributed by atoms with Gasteiger partial charge in [0.05, 0.1) is 11.4 Å². The molecule has 5 nitrogen and oxygen atoms in total. The third-order valence-electron chi connectivity index (χ3n) is 4.37. The summed E-state index contributed by atoms with van der Waals surface area (Å²) < 4.78 is 6.60. The molecule has 1 aliphatic rings. The summed E-state index contributed by atoms with van der Waals surface area (Å²) in [4.78, 5) is 38.5. The molecule has 30 heavy (non-hydrogen) atoms. The van der Waals surface area contributed by atoms with E-state index in [9.17, 15) is 14.4 Å². The fourth-order valence-electron chi connectivity index (χ4n) is 2.84. The quantitative estimate of drug-likeness (QED) is 0.303. The first kappa shape index (κ1) is 20.7. The molecular formula is C22H13BrClNO4S. The van der Waals surface area contributed by atoms with Gasteiger partial charge in [-0.1, -0.05) is 39.7 Å². The van der Waals surface area contributed by atoms with Crippen LogP contribution >= 0.6 is 39.3 Å². The molecule has 1 fully saturated rings. The summed E-state index contributed by atoms with van der Waals surface area (Å²) in [5, 5.41) is 0.137. The predicted molar refractivity (Wildman–Crippen MR) is 120 cm³/mol. The number of Topliss-reactive ketones (excluding diaryl/α,β-unsaturated/α-hetero) is 1. The van der Waals surface area contributed by atoms with E-state index in [1.54, 1.807) is 48.5 Å². The number of nitrogens with zero attached hydrogens (tertiary/aromatic N) is 1. The first-order valence-corrected chi connectivity index (χ1v) is 10.8. The van der Waals surface area contributed by atoms with Gasteiger partial charge in [0.1, 0.15) is 11.5 Å². The van der Waals surface area contributed by atoms with Crippen molar-refractivity contribution in [3.63, 3.8) is 0 Å². The minimum absolute atomic E-state index is 0.209. The summed E-state index contributed by atoms with van der Waals surface area (Å²) in [5.74, 6) is 0.223. The van der Waals surface area contributed by atoms with Gasteiger partial charge in [-0.25, -0.2) is 0 Å². The van der Waals surface area contributed by atoms with E-state index < -0.39 is 11.1 Å². The number of amides is 2. The van der Waals surface area contributed by atoms with Crippen LogP contribution < -0.4 is 0 Å². The number of furan rings is 1. The second-order valence-electron chi connectivity index (χ2n) is 6.41. The molecule has 0 unspecified atom stereocenters. The normalized spacial score (nSPS) is 15.3. The van der Waals surface area contributed by atoms with Crippen LogP contribution in [0.15, 0.2) is 74.5 Å². The van der Waals surface area contributed by atoms with Crippen LogP contribution in [-0.2, 0) is 4.79 Å². The molecule has 2 heterocycles. The Bertz CT molecular complexity index is 1170. The zero-order chi connectivity index (χ0) is 21.3. The van der Waals surface area contributed by atoms with E-state index in [4.69, 9.17) is 16.0 Å². The number of thioether (sulfide) groups is 1. The number of carbonyl (C=O) groups excluding carboxylic acids is 3. The molecule has 2 amide bonds. The lowest BCUT2D eigenvalue weighted by atomic mass is 10.1. The summed E-state index contributed by atoms with van der Waals surface area (Å²) >= 11 is 9.99. The third kappa shape index (κ3) is 4.43. The van der Waals surface area contributed by atoms with Crippen LogP contribution in [0.4, 0.5) is 4.79 Å². The second-order valence-corrected chi connectivity index (χ2v) is 8.75. The van der Waals surface area contributed by atoms with Crippen molar-refractivity contribution in [1.29, 1.82) is 0 Å². The average Bonchev–Trinajstić information content (AvgIpc) is 3.29. The van der Waals surface area contributed by atoms with Crippen molar-refractivity contribution in [2.75, 3.05) is 6.54 Å². The maximum Gasteiger partial charge on any atom is 0.293 e. The van der Waals surface area contributed by atoms with Crippen LogP contribution in [0.25, 0.3) is 17.4 Å². The molecule has 0 bridgehead atoms. The summed E-state index contributed by atoms with van der Waals surface area (Å²) in [6, 6.07) is 17.4. The Hall–Kier alpha value is -2.61. The van der Waals surface area contributed by atoms with Crippen molar-refractivity contribution in [3.8, 4) is 11.3 Å². The summed E-state index contributed by atoms with van der Waals surface area (Å²) in [6.07, 6.45) is 1.51. The van der Waals surface area contributed by atoms with E-state index in [1.807, 2.05) is 12.1 Å². The second kappa shape index (κ2) is 8.63. The molecule has 0 radical (unpaired) electrons. The summed E-state index contributed by atoms with van der Waals surface area (Å²) in [5.41, 5.74) is 1.27. The zero-order valence-electron chi connectivity index (χ0n) is 15.3. The Balaban J connectivity index is 1.49. The van der Waals surface area contributed by atoms with E-state index in [2.05, 4.69) is 15.9 Å². The first-order valence-electron chi connectivity index (χ1n) is 8.80. The summed E-state index contributed by atoms with van der Waals surface area (Å²) in [6.45, 7) is -0.308. The Morgan fingerprint density at radius 3 is 2.43 bits per heavy atom. The molecule has 0 N–H and O–H groups in total. The van der Waals surface area contributed by atoms with Crippen molar-refractivity contribution in [2.24, 2.45) is 0 Å². The van der Waals surface area contributed by atoms with Gasteiger partial charge in [-0.15, -0.1) is 0 Å². The fraction of sp³-hybridized carbons (Fsp3) is 0.0455. The van der Waals surface area contributed by atoms with Crippen LogP contribution in [0, 0.1) is 0 Å². The highest BCUT2D eigenvalue weighted by atomic mass is 79.9. The van der Waals surface area contributed by atoms with Gasteiger partial charge >= 0.3 is 0 Å². The molecule has 3 aromatic rings. The van der Waals surface area contributed by atoms with Crippen molar-refractivity contribution in [2.45, 2.75) is 0 Å². The molecular weight excluding hydrogens is 490 g/mol. The third-order valence-corrected chi connectivity index (χ3v) is 6.06. The van der Waals surface area contributed by atoms with Crippen LogP contribution in [0.3, 0.4) is 0 Å². The molecule has 2 aromatic carbocycles. The van der Waals surface area contributed by atoms with E-state index in [0.29, 0.717) is 22.1 Å². The Kier molecular flexibility index (Phi) is 5.94. The van der Waals surface area contributed by atoms with E-state index >= 15 is 0 Å². The fourth-order valence-corrected chi connectivity index (χ4v) is 4.04. The highest BCUT2D eigenvalue weighted by molar-refractivity contribution is 9.10. The minimum Gasteiger partial charge on any atom is -0.457 e. The van der Waals surface area contributed by atoms with E-state index in [1.165, 1.54) is 6.08 Å². The van der Waals surface area contributed by atoms with Crippen LogP contribution in [-0.4, -0.2) is 28.4 Å². The SMILES string of the molecule is O=C(CN1C(=O)S/C(=C/c2ccc(-c3ccc(Cl)cc3)o2)C1=O)c1ccc(Br)cc1. The number of hydrogen-bond acceptors (Lipinski definition) is 5. The number of benzene rings is 2. The highest BCUT2D eigenvalue weighted by Crippen LogP contribution is 2.33. The number of halogens is 2. The predicted octanol–water partition coefficient (Wildman–Crippen LogP) is 6.28. The molecule has 1 aliphatic heterocycles. The molecule has 4 rings (SSSR count). The monoisotopic (exact) mass is 501 g/mol. The van der Waals surface area contributed by atoms with Gasteiger partial charge in [0.15, 0.2) is 5.78 Å². The smallest absolute Gasteiger partial charge is 0.293 e. The van der Waals surface area contributed by atoms with Crippen LogP contribution in [0.1, 0.15) is 16.1 Å².